The normalized spacial score (nSPS) is 30.3. The molecule has 9 nitrogen and oxygen atoms in total. The Morgan fingerprint density at radius 1 is 0.925 bits per heavy atom. The first-order valence-electron chi connectivity index (χ1n) is 12.1. The molecule has 15 heteroatoms. The number of esters is 3. The first-order valence-corrected chi connectivity index (χ1v) is 12.1. The minimum absolute atomic E-state index is 0.0894. The van der Waals surface area contributed by atoms with Crippen LogP contribution >= 0.6 is 0 Å². The van der Waals surface area contributed by atoms with E-state index in [2.05, 4.69) is 4.74 Å². The van der Waals surface area contributed by atoms with Crippen molar-refractivity contribution in [3.8, 4) is 0 Å². The van der Waals surface area contributed by atoms with Crippen LogP contribution in [0.2, 0.25) is 0 Å². The molecule has 0 aliphatic carbocycles. The highest BCUT2D eigenvalue weighted by molar-refractivity contribution is 5.89. The third-order valence-electron chi connectivity index (χ3n) is 7.36. The van der Waals surface area contributed by atoms with E-state index in [1.54, 1.807) is 13.8 Å². The maximum Gasteiger partial charge on any atom is 0.434 e. The zero-order valence-corrected chi connectivity index (χ0v) is 21.8. The molecule has 6 unspecified atom stereocenters. The van der Waals surface area contributed by atoms with Crippen LogP contribution in [0.25, 0.3) is 0 Å². The number of hydrogen-bond acceptors (Lipinski definition) is 9. The van der Waals surface area contributed by atoms with Gasteiger partial charge in [0.25, 0.3) is 6.10 Å². The summed E-state index contributed by atoms with van der Waals surface area (Å²) in [6.45, 7) is 8.45. The van der Waals surface area contributed by atoms with Crippen molar-refractivity contribution >= 4 is 17.9 Å². The summed E-state index contributed by atoms with van der Waals surface area (Å²) < 4.78 is 108. The van der Waals surface area contributed by atoms with Gasteiger partial charge in [-0.25, -0.2) is 9.59 Å². The molecule has 3 aliphatic rings. The Morgan fingerprint density at radius 2 is 1.50 bits per heavy atom. The van der Waals surface area contributed by atoms with Crippen molar-refractivity contribution in [2.24, 2.45) is 11.3 Å². The van der Waals surface area contributed by atoms with Crippen LogP contribution in [0, 0.1) is 11.3 Å². The Bertz CT molecular complexity index is 1150. The lowest BCUT2D eigenvalue weighted by atomic mass is 9.81. The lowest BCUT2D eigenvalue weighted by Gasteiger charge is -2.29. The molecule has 222 valence electrons. The van der Waals surface area contributed by atoms with E-state index in [0.717, 1.165) is 12.1 Å². The van der Waals surface area contributed by atoms with Crippen LogP contribution in [-0.2, 0) is 43.8 Å². The van der Waals surface area contributed by atoms with Crippen LogP contribution in [-0.4, -0.2) is 67.1 Å². The average molecular weight is 584 g/mol. The molecule has 3 saturated heterocycles. The smallest absolute Gasteiger partial charge is 0.434 e. The fourth-order valence-corrected chi connectivity index (χ4v) is 4.25. The van der Waals surface area contributed by atoms with Gasteiger partial charge in [-0.2, -0.15) is 26.3 Å². The second-order valence-corrected chi connectivity index (χ2v) is 10.7. The highest BCUT2D eigenvalue weighted by atomic mass is 19.4. The van der Waals surface area contributed by atoms with E-state index in [0.29, 0.717) is 0 Å². The summed E-state index contributed by atoms with van der Waals surface area (Å²) in [7, 11) is 0. The quantitative estimate of drug-likeness (QED) is 0.277. The molecule has 0 saturated carbocycles. The van der Waals surface area contributed by atoms with Crippen LogP contribution in [0.3, 0.4) is 0 Å². The molecule has 3 fully saturated rings. The van der Waals surface area contributed by atoms with Crippen molar-refractivity contribution in [1.82, 2.24) is 0 Å². The Labute approximate surface area is 224 Å². The van der Waals surface area contributed by atoms with E-state index in [1.165, 1.54) is 19.1 Å². The van der Waals surface area contributed by atoms with Gasteiger partial charge in [-0.1, -0.05) is 26.0 Å². The first-order chi connectivity index (χ1) is 18.3. The van der Waals surface area contributed by atoms with Crippen LogP contribution in [0.5, 0.6) is 0 Å². The predicted molar refractivity (Wildman–Crippen MR) is 118 cm³/mol. The number of carbonyl (C=O) groups is 3. The number of carbonyl (C=O) groups excluding carboxylic acids is 3. The van der Waals surface area contributed by atoms with E-state index in [1.807, 2.05) is 13.8 Å². The number of ether oxygens (including phenoxy) is 6. The molecule has 0 N–H and O–H groups in total. The third kappa shape index (κ3) is 5.38. The lowest BCUT2D eigenvalue weighted by molar-refractivity contribution is -0.307. The van der Waals surface area contributed by atoms with Crippen molar-refractivity contribution in [1.29, 1.82) is 0 Å². The van der Waals surface area contributed by atoms with Gasteiger partial charge in [-0.15, -0.1) is 0 Å². The van der Waals surface area contributed by atoms with Gasteiger partial charge < -0.3 is 28.4 Å². The largest absolute Gasteiger partial charge is 0.454 e. The molecular weight excluding hydrogens is 558 g/mol. The van der Waals surface area contributed by atoms with Crippen molar-refractivity contribution < 1.29 is 69.1 Å². The van der Waals surface area contributed by atoms with E-state index in [9.17, 15) is 40.7 Å². The molecule has 0 spiro atoms. The molecule has 0 radical (unpaired) electrons. The SMILES string of the molecule is CC(C)C(C)(C)C(=O)OC1C(=O)OC2C3OC(C)(c4ccc(C(=O)OC(C(F)(F)F)C(F)(F)F)cc4)OC3OC12. The minimum Gasteiger partial charge on any atom is -0.454 e. The molecule has 6 atom stereocenters. The Kier molecular flexibility index (Phi) is 7.42. The Morgan fingerprint density at radius 3 is 2.02 bits per heavy atom. The van der Waals surface area contributed by atoms with E-state index in [4.69, 9.17) is 23.7 Å². The molecule has 0 aromatic heterocycles. The summed E-state index contributed by atoms with van der Waals surface area (Å²) in [6, 6.07) is 4.26. The van der Waals surface area contributed by atoms with Gasteiger partial charge >= 0.3 is 30.3 Å². The summed E-state index contributed by atoms with van der Waals surface area (Å²) in [5.74, 6) is -4.94. The topological polar surface area (TPSA) is 107 Å². The molecular formula is C25H26F6O9. The standard InChI is InChI=1S/C25H26F6O9/c1-10(2)22(3,4)21(34)37-15-13-14(35-18(15)33)16-19(36-13)40-23(5,39-16)12-8-6-11(7-9-12)17(32)38-20(24(26,27)28)25(29,30)31/h6-10,13-16,19-20H,1-5H3. The second-order valence-electron chi connectivity index (χ2n) is 10.7. The number of alkyl halides is 6. The van der Waals surface area contributed by atoms with Crippen LogP contribution in [0.4, 0.5) is 26.3 Å². The summed E-state index contributed by atoms with van der Waals surface area (Å²) >= 11 is 0. The van der Waals surface area contributed by atoms with Gasteiger partial charge in [-0.3, -0.25) is 4.79 Å². The van der Waals surface area contributed by atoms with Crippen molar-refractivity contribution in [3.05, 3.63) is 35.4 Å². The van der Waals surface area contributed by atoms with E-state index < -0.39 is 83.8 Å². The van der Waals surface area contributed by atoms with Gasteiger partial charge in [0.15, 0.2) is 24.3 Å². The molecule has 4 rings (SSSR count). The molecule has 0 amide bonds. The van der Waals surface area contributed by atoms with Gasteiger partial charge in [0.2, 0.25) is 6.10 Å². The minimum atomic E-state index is -5.85. The van der Waals surface area contributed by atoms with Crippen LogP contribution in [0.15, 0.2) is 24.3 Å². The van der Waals surface area contributed by atoms with Crippen LogP contribution in [0.1, 0.15) is 50.5 Å². The fraction of sp³-hybridized carbons (Fsp3) is 0.640. The van der Waals surface area contributed by atoms with Crippen molar-refractivity contribution in [2.75, 3.05) is 0 Å². The predicted octanol–water partition coefficient (Wildman–Crippen LogP) is 4.17. The van der Waals surface area contributed by atoms with Gasteiger partial charge in [0, 0.05) is 5.56 Å². The Hall–Kier alpha value is -2.91. The van der Waals surface area contributed by atoms with Crippen LogP contribution < -0.4 is 0 Å². The highest BCUT2D eigenvalue weighted by Crippen LogP contribution is 2.47. The third-order valence-corrected chi connectivity index (χ3v) is 7.36. The molecule has 3 aliphatic heterocycles. The number of hydrogen-bond donors (Lipinski definition) is 0. The number of halogens is 6. The summed E-state index contributed by atoms with van der Waals surface area (Å²) in [6.07, 6.45) is -21.4. The molecule has 3 heterocycles. The number of rotatable bonds is 6. The second kappa shape index (κ2) is 9.87. The summed E-state index contributed by atoms with van der Waals surface area (Å²) in [5, 5.41) is 0. The molecule has 1 aromatic carbocycles. The molecule has 40 heavy (non-hydrogen) atoms. The fourth-order valence-electron chi connectivity index (χ4n) is 4.25. The monoisotopic (exact) mass is 584 g/mol. The van der Waals surface area contributed by atoms with Crippen molar-refractivity contribution in [2.45, 2.75) is 89.6 Å². The van der Waals surface area contributed by atoms with Gasteiger partial charge in [0.1, 0.15) is 6.10 Å². The zero-order valence-electron chi connectivity index (χ0n) is 21.8. The van der Waals surface area contributed by atoms with Gasteiger partial charge in [0.05, 0.1) is 11.0 Å². The van der Waals surface area contributed by atoms with Crippen molar-refractivity contribution in [3.63, 3.8) is 0 Å². The zero-order chi connectivity index (χ0) is 30.0. The maximum atomic E-state index is 12.7. The highest BCUT2D eigenvalue weighted by Gasteiger charge is 2.65. The number of benzene rings is 1. The number of fused-ring (bicyclic) bond motifs is 3. The first kappa shape index (κ1) is 30.1. The average Bonchev–Trinajstić information content (AvgIpc) is 3.43. The summed E-state index contributed by atoms with van der Waals surface area (Å²) in [4.78, 5) is 37.1. The van der Waals surface area contributed by atoms with Gasteiger partial charge in [-0.05, 0) is 38.8 Å². The lowest BCUT2D eigenvalue weighted by Crippen LogP contribution is -2.45. The maximum absolute atomic E-state index is 12.7. The molecule has 1 aromatic rings. The molecule has 0 bridgehead atoms. The Balaban J connectivity index is 1.43. The summed E-state index contributed by atoms with van der Waals surface area (Å²) in [5.41, 5.74) is -1.26. The van der Waals surface area contributed by atoms with E-state index in [-0.39, 0.29) is 11.5 Å². The van der Waals surface area contributed by atoms with E-state index >= 15 is 0 Å².